The topological polar surface area (TPSA) is 77.9 Å². The maximum atomic E-state index is 11.6. The third kappa shape index (κ3) is 8.93. The van der Waals surface area contributed by atoms with E-state index in [4.69, 9.17) is 0 Å². The third-order valence-corrected chi connectivity index (χ3v) is 6.15. The van der Waals surface area contributed by atoms with Gasteiger partial charge in [0.1, 0.15) is 11.6 Å². The fourth-order valence-corrected chi connectivity index (χ4v) is 4.28. The molecule has 0 aromatic rings. The van der Waals surface area contributed by atoms with Crippen LogP contribution in [0.15, 0.2) is 74.9 Å². The van der Waals surface area contributed by atoms with Crippen LogP contribution in [-0.4, -0.2) is 76.6 Å². The normalized spacial score (nSPS) is 25.9. The zero-order chi connectivity index (χ0) is 25.7. The van der Waals surface area contributed by atoms with E-state index >= 15 is 0 Å². The van der Waals surface area contributed by atoms with Crippen molar-refractivity contribution in [1.82, 2.24) is 9.80 Å². The Bertz CT molecular complexity index is 793. The van der Waals surface area contributed by atoms with Gasteiger partial charge >= 0.3 is 0 Å². The van der Waals surface area contributed by atoms with Gasteiger partial charge in [-0.05, 0) is 32.8 Å². The maximum Gasteiger partial charge on any atom is 0.165 e. The highest BCUT2D eigenvalue weighted by Gasteiger charge is 2.31. The van der Waals surface area contributed by atoms with Crippen LogP contribution in [0.25, 0.3) is 0 Å². The zero-order valence-electron chi connectivity index (χ0n) is 20.6. The van der Waals surface area contributed by atoms with Crippen molar-refractivity contribution in [2.45, 2.75) is 44.9 Å². The number of allylic oxidation sites excluding steroid dienone is 1. The SMILES string of the molecule is C=CCN(CC=C)[C@@H]1C=CC(=O)C(C(C)=O)C1.C=CCN(CC=C)[C@@H]1C=CC(O)C(C(C)=O)C1. The highest BCUT2D eigenvalue weighted by molar-refractivity contribution is 6.07. The summed E-state index contributed by atoms with van der Waals surface area (Å²) in [5.74, 6) is -0.860. The smallest absolute Gasteiger partial charge is 0.165 e. The largest absolute Gasteiger partial charge is 0.388 e. The van der Waals surface area contributed by atoms with Crippen LogP contribution in [0.4, 0.5) is 0 Å². The van der Waals surface area contributed by atoms with Gasteiger partial charge < -0.3 is 5.11 Å². The molecule has 5 atom stereocenters. The van der Waals surface area contributed by atoms with Crippen LogP contribution in [0.1, 0.15) is 26.7 Å². The Balaban J connectivity index is 0.000000340. The van der Waals surface area contributed by atoms with Gasteiger partial charge in [0, 0.05) is 44.2 Å². The summed E-state index contributed by atoms with van der Waals surface area (Å²) < 4.78 is 0. The molecule has 2 aliphatic rings. The lowest BCUT2D eigenvalue weighted by Crippen LogP contribution is -2.42. The third-order valence-electron chi connectivity index (χ3n) is 6.15. The van der Waals surface area contributed by atoms with Gasteiger partial charge in [-0.1, -0.05) is 42.5 Å². The summed E-state index contributed by atoms with van der Waals surface area (Å²) >= 11 is 0. The summed E-state index contributed by atoms with van der Waals surface area (Å²) in [6, 6.07) is 0.279. The fraction of sp³-hybridized carbons (Fsp3) is 0.464. The van der Waals surface area contributed by atoms with Crippen LogP contribution < -0.4 is 0 Å². The molecule has 0 amide bonds. The maximum absolute atomic E-state index is 11.6. The summed E-state index contributed by atoms with van der Waals surface area (Å²) in [7, 11) is 0. The standard InChI is InChI=1S/C14H21NO2.C14H19NO2/c2*1-4-8-15(9-5-2)12-6-7-14(17)13(10-12)11(3)16/h4-7,12-14,17H,1-2,8-10H2,3H3;4-7,12-13H,1-2,8-10H2,3H3/t12-,13?,14?;12-,13?/m11/s1. The van der Waals surface area contributed by atoms with Crippen molar-refractivity contribution >= 4 is 17.3 Å². The fourth-order valence-electron chi connectivity index (χ4n) is 4.28. The van der Waals surface area contributed by atoms with E-state index in [0.717, 1.165) is 26.2 Å². The molecular weight excluding hydrogens is 428 g/mol. The number of ketones is 3. The van der Waals surface area contributed by atoms with E-state index in [1.807, 2.05) is 36.5 Å². The molecule has 0 radical (unpaired) electrons. The lowest BCUT2D eigenvalue weighted by molar-refractivity contribution is -0.130. The lowest BCUT2D eigenvalue weighted by Gasteiger charge is -2.34. The van der Waals surface area contributed by atoms with E-state index in [1.165, 1.54) is 19.9 Å². The molecule has 1 N–H and O–H groups in total. The molecule has 0 aromatic heterocycles. The van der Waals surface area contributed by atoms with Gasteiger partial charge in [-0.2, -0.15) is 0 Å². The molecule has 0 saturated heterocycles. The van der Waals surface area contributed by atoms with E-state index in [2.05, 4.69) is 36.1 Å². The van der Waals surface area contributed by atoms with E-state index in [9.17, 15) is 19.5 Å². The van der Waals surface area contributed by atoms with Crippen molar-refractivity contribution in [1.29, 1.82) is 0 Å². The number of carbonyl (C=O) groups excluding carboxylic acids is 3. The number of hydrogen-bond donors (Lipinski definition) is 1. The molecule has 0 bridgehead atoms. The van der Waals surface area contributed by atoms with Crippen LogP contribution in [0.3, 0.4) is 0 Å². The van der Waals surface area contributed by atoms with Crippen molar-refractivity contribution in [3.05, 3.63) is 74.9 Å². The van der Waals surface area contributed by atoms with Gasteiger partial charge in [-0.25, -0.2) is 0 Å². The molecule has 34 heavy (non-hydrogen) atoms. The van der Waals surface area contributed by atoms with Crippen LogP contribution >= 0.6 is 0 Å². The van der Waals surface area contributed by atoms with Gasteiger partial charge in [0.2, 0.25) is 0 Å². The number of hydrogen-bond acceptors (Lipinski definition) is 6. The quantitative estimate of drug-likeness (QED) is 0.350. The van der Waals surface area contributed by atoms with E-state index < -0.39 is 12.0 Å². The molecule has 6 heteroatoms. The number of aliphatic hydroxyl groups is 1. The Hall–Kier alpha value is -2.67. The van der Waals surface area contributed by atoms with Crippen LogP contribution in [0.5, 0.6) is 0 Å². The predicted molar refractivity (Wildman–Crippen MR) is 138 cm³/mol. The minimum absolute atomic E-state index is 0.0454. The molecular formula is C28H40N2O4. The highest BCUT2D eigenvalue weighted by Crippen LogP contribution is 2.24. The molecule has 3 unspecified atom stereocenters. The number of rotatable bonds is 12. The minimum Gasteiger partial charge on any atom is -0.388 e. The minimum atomic E-state index is -0.641. The summed E-state index contributed by atoms with van der Waals surface area (Å²) in [6.45, 7) is 20.8. The van der Waals surface area contributed by atoms with Crippen LogP contribution in [0.2, 0.25) is 0 Å². The first kappa shape index (κ1) is 29.4. The first-order valence-corrected chi connectivity index (χ1v) is 11.7. The Morgan fingerprint density at radius 3 is 1.74 bits per heavy atom. The van der Waals surface area contributed by atoms with E-state index in [-0.39, 0.29) is 35.4 Å². The molecule has 0 spiro atoms. The van der Waals surface area contributed by atoms with E-state index in [0.29, 0.717) is 12.8 Å². The average Bonchev–Trinajstić information content (AvgIpc) is 2.79. The molecule has 0 aromatic carbocycles. The molecule has 186 valence electrons. The lowest BCUT2D eigenvalue weighted by atomic mass is 9.85. The second-order valence-electron chi connectivity index (χ2n) is 8.69. The highest BCUT2D eigenvalue weighted by atomic mass is 16.3. The van der Waals surface area contributed by atoms with Crippen LogP contribution in [-0.2, 0) is 14.4 Å². The van der Waals surface area contributed by atoms with Crippen LogP contribution in [0, 0.1) is 11.8 Å². The average molecular weight is 469 g/mol. The van der Waals surface area contributed by atoms with Gasteiger partial charge in [0.25, 0.3) is 0 Å². The predicted octanol–water partition coefficient (Wildman–Crippen LogP) is 3.32. The Morgan fingerprint density at radius 2 is 1.32 bits per heavy atom. The molecule has 0 aliphatic heterocycles. The van der Waals surface area contributed by atoms with Crippen molar-refractivity contribution in [3.63, 3.8) is 0 Å². The van der Waals surface area contributed by atoms with Crippen molar-refractivity contribution in [2.75, 3.05) is 26.2 Å². The summed E-state index contributed by atoms with van der Waals surface area (Å²) in [5, 5.41) is 9.73. The Labute approximate surface area is 204 Å². The van der Waals surface area contributed by atoms with Gasteiger partial charge in [-0.3, -0.25) is 24.2 Å². The first-order chi connectivity index (χ1) is 16.2. The number of Topliss-reactive ketones (excluding diaryl/α,β-unsaturated/α-hetero) is 2. The second-order valence-corrected chi connectivity index (χ2v) is 8.69. The molecule has 0 saturated carbocycles. The molecule has 0 fully saturated rings. The summed E-state index contributed by atoms with van der Waals surface area (Å²) in [4.78, 5) is 38.7. The van der Waals surface area contributed by atoms with Crippen molar-refractivity contribution in [2.24, 2.45) is 11.8 Å². The first-order valence-electron chi connectivity index (χ1n) is 11.7. The molecule has 2 rings (SSSR count). The monoisotopic (exact) mass is 468 g/mol. The van der Waals surface area contributed by atoms with Gasteiger partial charge in [0.15, 0.2) is 5.78 Å². The molecule has 2 aliphatic carbocycles. The number of aliphatic hydroxyl groups excluding tert-OH is 1. The molecule has 6 nitrogen and oxygen atoms in total. The Morgan fingerprint density at radius 1 is 0.853 bits per heavy atom. The zero-order valence-corrected chi connectivity index (χ0v) is 20.6. The molecule has 0 heterocycles. The Kier molecular flexibility index (Phi) is 13.2. The van der Waals surface area contributed by atoms with E-state index in [1.54, 1.807) is 6.08 Å². The number of nitrogens with zero attached hydrogens (tertiary/aromatic N) is 2. The summed E-state index contributed by atoms with van der Waals surface area (Å²) in [6.07, 6.45) is 15.0. The summed E-state index contributed by atoms with van der Waals surface area (Å²) in [5.41, 5.74) is 0. The van der Waals surface area contributed by atoms with Gasteiger partial charge in [-0.15, -0.1) is 26.3 Å². The number of carbonyl (C=O) groups is 3. The second kappa shape index (κ2) is 15.3. The van der Waals surface area contributed by atoms with Crippen molar-refractivity contribution < 1.29 is 19.5 Å². The van der Waals surface area contributed by atoms with Crippen molar-refractivity contribution in [3.8, 4) is 0 Å². The van der Waals surface area contributed by atoms with Gasteiger partial charge in [0.05, 0.1) is 12.0 Å².